The zero-order chi connectivity index (χ0) is 27.1. The fourth-order valence-electron chi connectivity index (χ4n) is 5.11. The van der Waals surface area contributed by atoms with E-state index in [9.17, 15) is 35.4 Å². The van der Waals surface area contributed by atoms with Gasteiger partial charge in [-0.25, -0.2) is 4.79 Å². The van der Waals surface area contributed by atoms with Gasteiger partial charge in [-0.05, 0) is 25.1 Å². The molecule has 2 fully saturated rings. The monoisotopic (exact) mass is 528 g/mol. The molecule has 13 heteroatoms. The molecule has 4 rings (SSSR count). The summed E-state index contributed by atoms with van der Waals surface area (Å²) >= 11 is 0. The van der Waals surface area contributed by atoms with Gasteiger partial charge in [-0.2, -0.15) is 0 Å². The molecular weight excluding hydrogens is 496 g/mol. The average Bonchev–Trinajstić information content (AvgIpc) is 3.14. The zero-order valence-corrected chi connectivity index (χ0v) is 20.5. The summed E-state index contributed by atoms with van der Waals surface area (Å²) in [6.07, 6.45) is -6.59. The Hall–Kier alpha value is -2.65. The molecule has 3 aliphatic rings. The molecule has 1 saturated carbocycles. The zero-order valence-electron chi connectivity index (χ0n) is 20.5. The van der Waals surface area contributed by atoms with E-state index in [1.165, 1.54) is 39.5 Å². The molecular formula is C24H32O13. The Labute approximate surface area is 212 Å². The van der Waals surface area contributed by atoms with Gasteiger partial charge in [0.1, 0.15) is 30.5 Å². The lowest BCUT2D eigenvalue weighted by Crippen LogP contribution is -2.60. The molecule has 0 bridgehead atoms. The Morgan fingerprint density at radius 1 is 1.08 bits per heavy atom. The van der Waals surface area contributed by atoms with Crippen molar-refractivity contribution in [1.29, 1.82) is 0 Å². The van der Waals surface area contributed by atoms with E-state index in [1.807, 2.05) is 0 Å². The first kappa shape index (κ1) is 27.4. The Bertz CT molecular complexity index is 983. The SMILES string of the molecule is COc1cc(C(=O)OC2CC(C)(O)C3C(O[C@@H]4O[C@H](CO)[C@@H](O)[C@H](O)[C@H]4O)OC=CC23)cc(OC)c1O. The highest BCUT2D eigenvalue weighted by atomic mass is 16.8. The van der Waals surface area contributed by atoms with Crippen LogP contribution in [-0.2, 0) is 18.9 Å². The van der Waals surface area contributed by atoms with Crippen LogP contribution in [0, 0.1) is 11.8 Å². The van der Waals surface area contributed by atoms with E-state index >= 15 is 0 Å². The number of carbonyl (C=O) groups excluding carboxylic acids is 1. The minimum atomic E-state index is -1.66. The van der Waals surface area contributed by atoms with Crippen molar-refractivity contribution >= 4 is 5.97 Å². The van der Waals surface area contributed by atoms with Crippen LogP contribution in [0.4, 0.5) is 0 Å². The van der Waals surface area contributed by atoms with Gasteiger partial charge in [0.05, 0.1) is 44.2 Å². The molecule has 10 atom stereocenters. The summed E-state index contributed by atoms with van der Waals surface area (Å²) in [4.78, 5) is 13.0. The van der Waals surface area contributed by atoms with E-state index in [0.717, 1.165) is 0 Å². The summed E-state index contributed by atoms with van der Waals surface area (Å²) in [7, 11) is 2.65. The van der Waals surface area contributed by atoms with Crippen molar-refractivity contribution < 1.29 is 63.9 Å². The highest BCUT2D eigenvalue weighted by Gasteiger charge is 2.58. The number of aliphatic hydroxyl groups excluding tert-OH is 4. The predicted octanol–water partition coefficient (Wildman–Crippen LogP) is -0.992. The largest absolute Gasteiger partial charge is 0.502 e. The Kier molecular flexibility index (Phi) is 7.85. The van der Waals surface area contributed by atoms with E-state index in [4.69, 9.17) is 28.4 Å². The molecule has 13 nitrogen and oxygen atoms in total. The van der Waals surface area contributed by atoms with Crippen LogP contribution in [0.5, 0.6) is 17.2 Å². The number of hydrogen-bond donors (Lipinski definition) is 6. The third-order valence-electron chi connectivity index (χ3n) is 7.07. The predicted molar refractivity (Wildman–Crippen MR) is 122 cm³/mol. The molecule has 5 unspecified atom stereocenters. The third-order valence-corrected chi connectivity index (χ3v) is 7.07. The molecule has 1 aliphatic carbocycles. The number of phenolic OH excluding ortho intramolecular Hbond substituents is 1. The summed E-state index contributed by atoms with van der Waals surface area (Å²) in [5, 5.41) is 61.1. The molecule has 6 N–H and O–H groups in total. The maximum Gasteiger partial charge on any atom is 0.338 e. The second-order valence-electron chi connectivity index (χ2n) is 9.50. The van der Waals surface area contributed by atoms with Gasteiger partial charge < -0.3 is 59.1 Å². The van der Waals surface area contributed by atoms with E-state index < -0.39 is 73.1 Å². The summed E-state index contributed by atoms with van der Waals surface area (Å²) in [5.74, 6) is -2.34. The molecule has 206 valence electrons. The number of hydrogen-bond acceptors (Lipinski definition) is 13. The Morgan fingerprint density at radius 3 is 2.32 bits per heavy atom. The van der Waals surface area contributed by atoms with E-state index in [-0.39, 0.29) is 29.2 Å². The summed E-state index contributed by atoms with van der Waals surface area (Å²) < 4.78 is 32.6. The lowest BCUT2D eigenvalue weighted by Gasteiger charge is -2.43. The molecule has 0 radical (unpaired) electrons. The first-order chi connectivity index (χ1) is 17.5. The van der Waals surface area contributed by atoms with Crippen molar-refractivity contribution in [1.82, 2.24) is 0 Å². The smallest absolute Gasteiger partial charge is 0.338 e. The second-order valence-corrected chi connectivity index (χ2v) is 9.50. The van der Waals surface area contributed by atoms with Crippen molar-refractivity contribution in [2.24, 2.45) is 11.8 Å². The molecule has 1 saturated heterocycles. The summed E-state index contributed by atoms with van der Waals surface area (Å²) in [6.45, 7) is 0.891. The van der Waals surface area contributed by atoms with Gasteiger partial charge in [0.2, 0.25) is 12.0 Å². The molecule has 2 heterocycles. The van der Waals surface area contributed by atoms with Crippen LogP contribution >= 0.6 is 0 Å². The lowest BCUT2D eigenvalue weighted by atomic mass is 9.85. The number of fused-ring (bicyclic) bond motifs is 1. The van der Waals surface area contributed by atoms with Gasteiger partial charge in [-0.1, -0.05) is 0 Å². The standard InChI is InChI=1S/C24H32O13/c1-24(31)8-14(35-21(30)10-6-12(32-2)17(26)13(7-10)33-3)11-4-5-34-22(16(11)24)37-23-20(29)19(28)18(27)15(9-25)36-23/h4-7,11,14-16,18-20,22-23,25-29,31H,8-9H2,1-3H3/t11?,14?,15-,16?,18-,19+,20-,22?,23+,24?/m1/s1. The normalized spacial score (nSPS) is 39.0. The number of benzene rings is 1. The van der Waals surface area contributed by atoms with Crippen molar-refractivity contribution in [3.8, 4) is 17.2 Å². The van der Waals surface area contributed by atoms with E-state index in [1.54, 1.807) is 6.08 Å². The number of aliphatic hydroxyl groups is 5. The number of ether oxygens (including phenoxy) is 6. The number of aromatic hydroxyl groups is 1. The number of phenols is 1. The van der Waals surface area contributed by atoms with Gasteiger partial charge >= 0.3 is 5.97 Å². The van der Waals surface area contributed by atoms with E-state index in [2.05, 4.69) is 0 Å². The molecule has 37 heavy (non-hydrogen) atoms. The van der Waals surface area contributed by atoms with E-state index in [0.29, 0.717) is 0 Å². The van der Waals surface area contributed by atoms with Crippen molar-refractivity contribution in [2.45, 2.75) is 62.0 Å². The van der Waals surface area contributed by atoms with Crippen LogP contribution in [0.3, 0.4) is 0 Å². The van der Waals surface area contributed by atoms with Crippen LogP contribution in [0.2, 0.25) is 0 Å². The van der Waals surface area contributed by atoms with Crippen molar-refractivity contribution in [3.63, 3.8) is 0 Å². The van der Waals surface area contributed by atoms with Crippen LogP contribution in [0.15, 0.2) is 24.5 Å². The molecule has 1 aromatic rings. The lowest BCUT2D eigenvalue weighted by molar-refractivity contribution is -0.346. The number of methoxy groups -OCH3 is 2. The molecule has 0 amide bonds. The minimum Gasteiger partial charge on any atom is -0.502 e. The molecule has 0 aromatic heterocycles. The molecule has 1 aromatic carbocycles. The highest BCUT2D eigenvalue weighted by molar-refractivity contribution is 5.91. The number of rotatable bonds is 7. The van der Waals surface area contributed by atoms with Crippen molar-refractivity contribution in [3.05, 3.63) is 30.0 Å². The number of carbonyl (C=O) groups is 1. The van der Waals surface area contributed by atoms with Crippen LogP contribution < -0.4 is 9.47 Å². The van der Waals surface area contributed by atoms with Gasteiger partial charge in [0.15, 0.2) is 17.8 Å². The quantitative estimate of drug-likeness (QED) is 0.236. The van der Waals surface area contributed by atoms with Crippen LogP contribution in [0.1, 0.15) is 23.7 Å². The minimum absolute atomic E-state index is 0.0153. The highest BCUT2D eigenvalue weighted by Crippen LogP contribution is 2.48. The fourth-order valence-corrected chi connectivity index (χ4v) is 5.11. The van der Waals surface area contributed by atoms with Crippen molar-refractivity contribution in [2.75, 3.05) is 20.8 Å². The third kappa shape index (κ3) is 5.08. The fraction of sp³-hybridized carbons (Fsp3) is 0.625. The Morgan fingerprint density at radius 2 is 1.73 bits per heavy atom. The summed E-state index contributed by atoms with van der Waals surface area (Å²) in [5.41, 5.74) is -1.40. The van der Waals surface area contributed by atoms with Crippen LogP contribution in [0.25, 0.3) is 0 Å². The van der Waals surface area contributed by atoms with Crippen LogP contribution in [-0.4, -0.2) is 106 Å². The summed E-state index contributed by atoms with van der Waals surface area (Å²) in [6, 6.07) is 2.60. The second kappa shape index (κ2) is 10.6. The maximum absolute atomic E-state index is 13.0. The number of esters is 1. The first-order valence-electron chi connectivity index (χ1n) is 11.7. The maximum atomic E-state index is 13.0. The first-order valence-corrected chi connectivity index (χ1v) is 11.7. The molecule has 2 aliphatic heterocycles. The Balaban J connectivity index is 1.52. The van der Waals surface area contributed by atoms with Gasteiger partial charge in [0, 0.05) is 12.3 Å². The topological polar surface area (TPSA) is 194 Å². The van der Waals surface area contributed by atoms with Gasteiger partial charge in [-0.15, -0.1) is 0 Å². The molecule has 0 spiro atoms. The van der Waals surface area contributed by atoms with Gasteiger partial charge in [-0.3, -0.25) is 0 Å². The van der Waals surface area contributed by atoms with Gasteiger partial charge in [0.25, 0.3) is 0 Å². The average molecular weight is 529 g/mol.